The average molecular weight is 556 g/mol. The molecule has 1 aromatic carbocycles. The number of aromatic nitrogens is 2. The molecule has 10 heteroatoms. The Bertz CT molecular complexity index is 1590. The van der Waals surface area contributed by atoms with E-state index >= 15 is 0 Å². The number of rotatable bonds is 5. The number of nitrogens with one attached hydrogen (secondary N) is 1. The molecule has 2 heterocycles. The molecule has 0 saturated carbocycles. The van der Waals surface area contributed by atoms with E-state index in [0.717, 1.165) is 11.3 Å². The first-order chi connectivity index (χ1) is 19.2. The number of nitrogens with zero attached hydrogens (tertiary/aromatic N) is 4. The zero-order chi connectivity index (χ0) is 29.4. The van der Waals surface area contributed by atoms with Crippen LogP contribution in [0.3, 0.4) is 0 Å². The fraction of sp³-hybridized carbons (Fsp3) is 0.267. The molecule has 204 valence electrons. The van der Waals surface area contributed by atoms with Gasteiger partial charge in [0.1, 0.15) is 5.75 Å². The van der Waals surface area contributed by atoms with Gasteiger partial charge in [0.2, 0.25) is 10.0 Å². The summed E-state index contributed by atoms with van der Waals surface area (Å²) < 4.78 is 29.9. The van der Waals surface area contributed by atoms with Crippen LogP contribution < -0.4 is 10.1 Å². The number of hydrogen-bond acceptors (Lipinski definition) is 6. The van der Waals surface area contributed by atoms with E-state index in [9.17, 15) is 13.2 Å². The second-order valence-corrected chi connectivity index (χ2v) is 10.2. The molecule has 1 aliphatic rings. The number of ether oxygens (including phenoxy) is 1. The number of carbonyl (C=O) groups is 1. The first kappa shape index (κ1) is 31.3. The number of urea groups is 1. The summed E-state index contributed by atoms with van der Waals surface area (Å²) in [6.45, 7) is 7.38. The standard InChI is InChI=1S/C19H25N5O4S.C11H4/c1-23(15-7-9-24(10-8-15)29(3,26)27)19(25)22-18-13-20-17(12-21-18)14-5-4-6-16(11-14)28-2;1-3-5-7-9-11-10-8-6-4-2/h4-6,11-13,15H,7-10H2,1-3H3,(H,21,22,25);1-2H2. The van der Waals surface area contributed by atoms with Crippen LogP contribution in [-0.2, 0) is 10.0 Å². The van der Waals surface area contributed by atoms with E-state index in [4.69, 9.17) is 4.74 Å². The van der Waals surface area contributed by atoms with Gasteiger partial charge < -0.3 is 9.64 Å². The van der Waals surface area contributed by atoms with Crippen LogP contribution in [0.4, 0.5) is 10.6 Å². The first-order valence-electron chi connectivity index (χ1n) is 11.9. The van der Waals surface area contributed by atoms with Crippen molar-refractivity contribution >= 4 is 21.9 Å². The number of amides is 2. The van der Waals surface area contributed by atoms with Gasteiger partial charge in [-0.25, -0.2) is 22.5 Å². The lowest BCUT2D eigenvalue weighted by Gasteiger charge is -2.35. The molecule has 0 unspecified atom stereocenters. The maximum absolute atomic E-state index is 12.5. The molecule has 1 saturated heterocycles. The summed E-state index contributed by atoms with van der Waals surface area (Å²) in [6, 6.07) is 7.15. The van der Waals surface area contributed by atoms with Crippen molar-refractivity contribution in [1.82, 2.24) is 19.2 Å². The second-order valence-electron chi connectivity index (χ2n) is 8.18. The molecule has 0 spiro atoms. The van der Waals surface area contributed by atoms with Crippen molar-refractivity contribution in [3.63, 3.8) is 0 Å². The van der Waals surface area contributed by atoms with Gasteiger partial charge in [0.25, 0.3) is 0 Å². The number of sulfonamides is 1. The summed E-state index contributed by atoms with van der Waals surface area (Å²) in [4.78, 5) is 22.8. The predicted octanol–water partition coefficient (Wildman–Crippen LogP) is 4.24. The Labute approximate surface area is 234 Å². The topological polar surface area (TPSA) is 105 Å². The number of anilines is 1. The highest BCUT2D eigenvalue weighted by molar-refractivity contribution is 7.88. The second kappa shape index (κ2) is 16.1. The normalized spacial score (nSPS) is 12.4. The van der Waals surface area contributed by atoms with Crippen molar-refractivity contribution in [3.05, 3.63) is 101 Å². The smallest absolute Gasteiger partial charge is 0.323 e. The van der Waals surface area contributed by atoms with Crippen molar-refractivity contribution in [3.8, 4) is 17.0 Å². The van der Waals surface area contributed by atoms with Gasteiger partial charge in [-0.15, -0.1) is 0 Å². The van der Waals surface area contributed by atoms with E-state index in [2.05, 4.69) is 80.0 Å². The third kappa shape index (κ3) is 10.4. The lowest BCUT2D eigenvalue weighted by atomic mass is 10.1. The Kier molecular flexibility index (Phi) is 12.6. The third-order valence-electron chi connectivity index (χ3n) is 5.56. The first-order valence-corrected chi connectivity index (χ1v) is 13.8. The van der Waals surface area contributed by atoms with Crippen molar-refractivity contribution in [2.75, 3.05) is 38.8 Å². The van der Waals surface area contributed by atoms with Crippen molar-refractivity contribution < 1.29 is 17.9 Å². The maximum atomic E-state index is 12.5. The van der Waals surface area contributed by atoms with E-state index in [0.29, 0.717) is 37.4 Å². The fourth-order valence-corrected chi connectivity index (χ4v) is 4.37. The summed E-state index contributed by atoms with van der Waals surface area (Å²) in [6.07, 6.45) is 5.49. The van der Waals surface area contributed by atoms with Gasteiger partial charge in [-0.2, -0.15) is 0 Å². The summed E-state index contributed by atoms with van der Waals surface area (Å²) in [7, 11) is 0.117. The molecule has 1 aromatic heterocycles. The molecule has 0 bridgehead atoms. The highest BCUT2D eigenvalue weighted by Gasteiger charge is 2.29. The lowest BCUT2D eigenvalue weighted by molar-refractivity contribution is 0.174. The molecule has 40 heavy (non-hydrogen) atoms. The van der Waals surface area contributed by atoms with Gasteiger partial charge in [0, 0.05) is 31.7 Å². The average Bonchev–Trinajstić information content (AvgIpc) is 2.96. The van der Waals surface area contributed by atoms with E-state index in [1.54, 1.807) is 25.3 Å². The van der Waals surface area contributed by atoms with Crippen LogP contribution >= 0.6 is 0 Å². The van der Waals surface area contributed by atoms with Gasteiger partial charge in [-0.05, 0) is 78.3 Å². The van der Waals surface area contributed by atoms with E-state index in [1.165, 1.54) is 16.8 Å². The van der Waals surface area contributed by atoms with Gasteiger partial charge >= 0.3 is 6.03 Å². The quantitative estimate of drug-likeness (QED) is 0.554. The minimum Gasteiger partial charge on any atom is -0.497 e. The van der Waals surface area contributed by atoms with Crippen molar-refractivity contribution in [1.29, 1.82) is 0 Å². The number of carbonyl (C=O) groups excluding carboxylic acids is 1. The zero-order valence-electron chi connectivity index (χ0n) is 22.6. The number of hydrogen-bond donors (Lipinski definition) is 1. The zero-order valence-corrected chi connectivity index (χ0v) is 23.4. The van der Waals surface area contributed by atoms with Gasteiger partial charge in [0.05, 0.1) is 31.5 Å². The largest absolute Gasteiger partial charge is 0.497 e. The highest BCUT2D eigenvalue weighted by Crippen LogP contribution is 2.22. The third-order valence-corrected chi connectivity index (χ3v) is 6.87. The SMILES string of the molecule is C=C=C=C=C=C=C=C=C=C=C.COc1cccc(-c2cnc(NC(=O)N(C)C3CCN(S(C)(=O)=O)CC3)cn2)c1. The fourth-order valence-electron chi connectivity index (χ4n) is 3.49. The van der Waals surface area contributed by atoms with Gasteiger partial charge in [-0.1, -0.05) is 23.6 Å². The molecule has 2 amide bonds. The monoisotopic (exact) mass is 555 g/mol. The van der Waals surface area contributed by atoms with Crippen LogP contribution in [0.1, 0.15) is 12.8 Å². The summed E-state index contributed by atoms with van der Waals surface area (Å²) in [5.41, 5.74) is 23.5. The minimum absolute atomic E-state index is 0.0305. The van der Waals surface area contributed by atoms with E-state index in [-0.39, 0.29) is 12.1 Å². The maximum Gasteiger partial charge on any atom is 0.323 e. The van der Waals surface area contributed by atoms with Crippen LogP contribution in [0, 0.1) is 0 Å². The molecule has 9 nitrogen and oxygen atoms in total. The Morgan fingerprint density at radius 1 is 1.02 bits per heavy atom. The lowest BCUT2D eigenvalue weighted by Crippen LogP contribution is -2.48. The Morgan fingerprint density at radius 3 is 2.12 bits per heavy atom. The van der Waals surface area contributed by atoms with Gasteiger partial charge in [0.15, 0.2) is 5.82 Å². The molecule has 0 atom stereocenters. The summed E-state index contributed by atoms with van der Waals surface area (Å²) in [5, 5.41) is 2.74. The minimum atomic E-state index is -3.19. The van der Waals surface area contributed by atoms with Crippen LogP contribution in [0.5, 0.6) is 5.75 Å². The molecular formula is C30H29N5O4S. The number of piperidine rings is 1. The molecule has 0 aliphatic carbocycles. The molecule has 0 radical (unpaired) electrons. The number of benzene rings is 1. The predicted molar refractivity (Wildman–Crippen MR) is 153 cm³/mol. The Morgan fingerprint density at radius 2 is 1.62 bits per heavy atom. The molecule has 2 aromatic rings. The van der Waals surface area contributed by atoms with Crippen LogP contribution in [0.25, 0.3) is 11.3 Å². The van der Waals surface area contributed by atoms with E-state index in [1.807, 2.05) is 24.3 Å². The Balaban J connectivity index is 0.000000432. The van der Waals surface area contributed by atoms with Crippen LogP contribution in [0.15, 0.2) is 101 Å². The van der Waals surface area contributed by atoms with Crippen LogP contribution in [-0.4, -0.2) is 73.2 Å². The Hall–Kier alpha value is -4.96. The molecule has 1 fully saturated rings. The van der Waals surface area contributed by atoms with Crippen LogP contribution in [0.2, 0.25) is 0 Å². The van der Waals surface area contributed by atoms with Crippen molar-refractivity contribution in [2.45, 2.75) is 18.9 Å². The van der Waals surface area contributed by atoms with Gasteiger partial charge in [-0.3, -0.25) is 10.3 Å². The molecule has 3 rings (SSSR count). The van der Waals surface area contributed by atoms with Crippen molar-refractivity contribution in [2.24, 2.45) is 0 Å². The molecular weight excluding hydrogens is 526 g/mol. The molecule has 1 N–H and O–H groups in total. The summed E-state index contributed by atoms with van der Waals surface area (Å²) in [5.74, 6) is 1.08. The molecule has 1 aliphatic heterocycles. The van der Waals surface area contributed by atoms with E-state index < -0.39 is 10.0 Å². The highest BCUT2D eigenvalue weighted by atomic mass is 32.2. The number of methoxy groups -OCH3 is 1. The summed E-state index contributed by atoms with van der Waals surface area (Å²) >= 11 is 0.